The highest BCUT2D eigenvalue weighted by atomic mass is 19.1. The van der Waals surface area contributed by atoms with Crippen LogP contribution in [0, 0.1) is 5.82 Å². The molecule has 5 nitrogen and oxygen atoms in total. The molecule has 0 aliphatic carbocycles. The number of ether oxygens (including phenoxy) is 1. The molecule has 26 heavy (non-hydrogen) atoms. The van der Waals surface area contributed by atoms with Crippen LogP contribution >= 0.6 is 0 Å². The van der Waals surface area contributed by atoms with Crippen molar-refractivity contribution in [2.45, 2.75) is 39.3 Å². The largest absolute Gasteiger partial charge is 0.487 e. The average Bonchev–Trinajstić information content (AvgIpc) is 2.64. The summed E-state index contributed by atoms with van der Waals surface area (Å²) in [6.07, 6.45) is -0.288. The number of nitrogens with one attached hydrogen (secondary N) is 1. The van der Waals surface area contributed by atoms with E-state index in [1.807, 2.05) is 32.8 Å². The zero-order chi connectivity index (χ0) is 19.4. The van der Waals surface area contributed by atoms with Crippen LogP contribution < -0.4 is 19.9 Å². The summed E-state index contributed by atoms with van der Waals surface area (Å²) < 4.78 is 21.2. The number of rotatable bonds is 8. The molecule has 2 rings (SSSR count). The van der Waals surface area contributed by atoms with Crippen molar-refractivity contribution in [3.8, 4) is 5.75 Å². The maximum absolute atomic E-state index is 15.2. The minimum Gasteiger partial charge on any atom is -0.487 e. The van der Waals surface area contributed by atoms with E-state index in [9.17, 15) is 5.11 Å². The Labute approximate surface area is 156 Å². The molecule has 1 aliphatic rings. The van der Waals surface area contributed by atoms with E-state index in [0.717, 1.165) is 12.2 Å². The lowest BCUT2D eigenvalue weighted by Crippen LogP contribution is -2.40. The van der Waals surface area contributed by atoms with E-state index in [-0.39, 0.29) is 11.9 Å². The van der Waals surface area contributed by atoms with Gasteiger partial charge in [-0.3, -0.25) is 0 Å². The topological polar surface area (TPSA) is 48.0 Å². The molecule has 0 amide bonds. The molecule has 0 saturated carbocycles. The summed E-state index contributed by atoms with van der Waals surface area (Å²) in [6.45, 7) is 12.5. The van der Waals surface area contributed by atoms with E-state index in [4.69, 9.17) is 4.74 Å². The van der Waals surface area contributed by atoms with Crippen LogP contribution in [0.1, 0.15) is 38.9 Å². The minimum atomic E-state index is -0.916. The number of aliphatic hydroxyl groups is 1. The van der Waals surface area contributed by atoms with Crippen LogP contribution in [-0.4, -0.2) is 51.5 Å². The second-order valence-corrected chi connectivity index (χ2v) is 6.84. The molecular formula is C20H32FN3O2. The lowest BCUT2D eigenvalue weighted by atomic mass is 9.95. The van der Waals surface area contributed by atoms with Crippen molar-refractivity contribution in [2.24, 2.45) is 0 Å². The standard InChI is InChI=1S/C20H32FN3O2/c1-7-13(3)19(25)15-11-16(21)18(24(8-2)10-9-22-5)20-17(15)23(6)14(4)12-26-20/h11,14,19,22,25H,3,7-10,12H2,1-2,4-6H3. The predicted octanol–water partition coefficient (Wildman–Crippen LogP) is 3.09. The van der Waals surface area contributed by atoms with E-state index in [0.29, 0.717) is 48.7 Å². The third-order valence-electron chi connectivity index (χ3n) is 5.16. The van der Waals surface area contributed by atoms with Crippen LogP contribution in [0.4, 0.5) is 15.8 Å². The molecule has 0 aromatic heterocycles. The second-order valence-electron chi connectivity index (χ2n) is 6.84. The monoisotopic (exact) mass is 365 g/mol. The number of hydrogen-bond acceptors (Lipinski definition) is 5. The summed E-state index contributed by atoms with van der Waals surface area (Å²) in [4.78, 5) is 4.04. The van der Waals surface area contributed by atoms with Gasteiger partial charge in [-0.1, -0.05) is 13.5 Å². The Bertz CT molecular complexity index is 650. The first-order valence-corrected chi connectivity index (χ1v) is 9.34. The molecule has 2 atom stereocenters. The highest BCUT2D eigenvalue weighted by Crippen LogP contribution is 2.48. The van der Waals surface area contributed by atoms with Gasteiger partial charge in [0.05, 0.1) is 11.7 Å². The van der Waals surface area contributed by atoms with Crippen molar-refractivity contribution in [2.75, 3.05) is 50.1 Å². The lowest BCUT2D eigenvalue weighted by molar-refractivity contribution is 0.209. The van der Waals surface area contributed by atoms with Gasteiger partial charge in [-0.2, -0.15) is 0 Å². The Hall–Kier alpha value is -1.79. The van der Waals surface area contributed by atoms with Gasteiger partial charge in [0.15, 0.2) is 11.6 Å². The van der Waals surface area contributed by atoms with Gasteiger partial charge >= 0.3 is 0 Å². The summed E-state index contributed by atoms with van der Waals surface area (Å²) in [5.41, 5.74) is 2.40. The third-order valence-corrected chi connectivity index (χ3v) is 5.16. The molecule has 0 fully saturated rings. The van der Waals surface area contributed by atoms with Gasteiger partial charge in [-0.15, -0.1) is 0 Å². The van der Waals surface area contributed by atoms with Gasteiger partial charge in [0, 0.05) is 32.2 Å². The number of benzene rings is 1. The quantitative estimate of drug-likeness (QED) is 0.694. The molecule has 2 unspecified atom stereocenters. The van der Waals surface area contributed by atoms with E-state index in [1.54, 1.807) is 0 Å². The fraction of sp³-hybridized carbons (Fsp3) is 0.600. The number of nitrogens with zero attached hydrogens (tertiary/aromatic N) is 2. The fourth-order valence-corrected chi connectivity index (χ4v) is 3.25. The first-order chi connectivity index (χ1) is 12.4. The van der Waals surface area contributed by atoms with Crippen LogP contribution in [0.25, 0.3) is 0 Å². The molecule has 1 aromatic carbocycles. The normalized spacial score (nSPS) is 17.5. The molecule has 2 N–H and O–H groups in total. The maximum atomic E-state index is 15.2. The van der Waals surface area contributed by atoms with Crippen molar-refractivity contribution in [1.29, 1.82) is 0 Å². The smallest absolute Gasteiger partial charge is 0.169 e. The molecule has 0 radical (unpaired) electrons. The molecule has 1 heterocycles. The third kappa shape index (κ3) is 3.81. The van der Waals surface area contributed by atoms with Crippen molar-refractivity contribution in [3.05, 3.63) is 29.6 Å². The van der Waals surface area contributed by atoms with Crippen molar-refractivity contribution < 1.29 is 14.2 Å². The van der Waals surface area contributed by atoms with Crippen molar-refractivity contribution >= 4 is 11.4 Å². The van der Waals surface area contributed by atoms with E-state index >= 15 is 4.39 Å². The molecule has 0 bridgehead atoms. The minimum absolute atomic E-state index is 0.133. The first-order valence-electron chi connectivity index (χ1n) is 9.34. The van der Waals surface area contributed by atoms with E-state index in [1.165, 1.54) is 6.07 Å². The van der Waals surface area contributed by atoms with Crippen LogP contribution in [0.3, 0.4) is 0 Å². The number of fused-ring (bicyclic) bond motifs is 1. The van der Waals surface area contributed by atoms with Gasteiger partial charge in [0.2, 0.25) is 0 Å². The number of hydrogen-bond donors (Lipinski definition) is 2. The lowest BCUT2D eigenvalue weighted by Gasteiger charge is -2.39. The van der Waals surface area contributed by atoms with Gasteiger partial charge in [0.25, 0.3) is 0 Å². The second kappa shape index (κ2) is 8.73. The van der Waals surface area contributed by atoms with E-state index < -0.39 is 6.10 Å². The summed E-state index contributed by atoms with van der Waals surface area (Å²) in [7, 11) is 3.84. The van der Waals surface area contributed by atoms with Gasteiger partial charge in [-0.05, 0) is 39.0 Å². The van der Waals surface area contributed by atoms with Crippen LogP contribution in [0.5, 0.6) is 5.75 Å². The van der Waals surface area contributed by atoms with Gasteiger partial charge in [-0.25, -0.2) is 4.39 Å². The average molecular weight is 365 g/mol. The molecule has 0 saturated heterocycles. The van der Waals surface area contributed by atoms with Gasteiger partial charge in [0.1, 0.15) is 18.4 Å². The SMILES string of the molecule is C=C(CC)C(O)c1cc(F)c(N(CC)CCNC)c2c1N(C)C(C)CO2. The number of aliphatic hydroxyl groups excluding tert-OH is 1. The van der Waals surface area contributed by atoms with Crippen LogP contribution in [-0.2, 0) is 0 Å². The molecule has 146 valence electrons. The Morgan fingerprint density at radius 3 is 2.81 bits per heavy atom. The molecule has 0 spiro atoms. The number of halogens is 1. The summed E-state index contributed by atoms with van der Waals surface area (Å²) in [6, 6.07) is 1.58. The highest BCUT2D eigenvalue weighted by Gasteiger charge is 2.33. The van der Waals surface area contributed by atoms with Crippen molar-refractivity contribution in [1.82, 2.24) is 5.32 Å². The number of anilines is 2. The zero-order valence-electron chi connectivity index (χ0n) is 16.6. The van der Waals surface area contributed by atoms with E-state index in [2.05, 4.69) is 23.7 Å². The zero-order valence-corrected chi connectivity index (χ0v) is 16.6. The Kier molecular flexibility index (Phi) is 6.89. The Balaban J connectivity index is 2.64. The first kappa shape index (κ1) is 20.5. The van der Waals surface area contributed by atoms with Crippen LogP contribution in [0.2, 0.25) is 0 Å². The molecule has 1 aromatic rings. The number of likely N-dealkylation sites (N-methyl/N-ethyl adjacent to an activating group) is 3. The molecule has 6 heteroatoms. The summed E-state index contributed by atoms with van der Waals surface area (Å²) >= 11 is 0. The van der Waals surface area contributed by atoms with Gasteiger partial charge < -0.3 is 25.0 Å². The summed E-state index contributed by atoms with van der Waals surface area (Å²) in [5, 5.41) is 13.8. The molecular weight excluding hydrogens is 333 g/mol. The molecule has 1 aliphatic heterocycles. The highest BCUT2D eigenvalue weighted by molar-refractivity contribution is 5.78. The maximum Gasteiger partial charge on any atom is 0.169 e. The Morgan fingerprint density at radius 2 is 2.23 bits per heavy atom. The fourth-order valence-electron chi connectivity index (χ4n) is 3.25. The van der Waals surface area contributed by atoms with Crippen molar-refractivity contribution in [3.63, 3.8) is 0 Å². The Morgan fingerprint density at radius 1 is 1.54 bits per heavy atom. The summed E-state index contributed by atoms with van der Waals surface area (Å²) in [5.74, 6) is 0.143. The van der Waals surface area contributed by atoms with Crippen LogP contribution in [0.15, 0.2) is 18.2 Å². The predicted molar refractivity (Wildman–Crippen MR) is 106 cm³/mol.